The second-order valence-corrected chi connectivity index (χ2v) is 8.45. The Morgan fingerprint density at radius 3 is 2.56 bits per heavy atom. The van der Waals surface area contributed by atoms with Crippen molar-refractivity contribution in [1.82, 2.24) is 14.9 Å². The number of nitrogens with zero attached hydrogens (tertiary/aromatic N) is 3. The van der Waals surface area contributed by atoms with Crippen LogP contribution in [0.1, 0.15) is 23.2 Å². The van der Waals surface area contributed by atoms with Crippen molar-refractivity contribution in [3.8, 4) is 17.1 Å². The highest BCUT2D eigenvalue weighted by atomic mass is 16.3. The molecule has 1 atom stereocenters. The number of nitrogens with one attached hydrogen (secondary N) is 1. The highest BCUT2D eigenvalue weighted by Gasteiger charge is 2.29. The molecule has 7 nitrogen and oxygen atoms in total. The quantitative estimate of drug-likeness (QED) is 0.476. The summed E-state index contributed by atoms with van der Waals surface area (Å²) in [5.41, 5.74) is 1.84. The van der Waals surface area contributed by atoms with Crippen molar-refractivity contribution in [3.05, 3.63) is 84.7 Å². The van der Waals surface area contributed by atoms with Crippen LogP contribution in [0.3, 0.4) is 0 Å². The number of rotatable bonds is 4. The first kappa shape index (κ1) is 21.6. The topological polar surface area (TPSA) is 95.4 Å². The van der Waals surface area contributed by atoms with Gasteiger partial charge in [0, 0.05) is 24.2 Å². The molecule has 2 heterocycles. The van der Waals surface area contributed by atoms with E-state index in [1.165, 1.54) is 0 Å². The fraction of sp³-hybridized carbons (Fsp3) is 0.185. The minimum atomic E-state index is -0.307. The first-order chi connectivity index (χ1) is 16.6. The summed E-state index contributed by atoms with van der Waals surface area (Å²) in [7, 11) is 0. The maximum atomic E-state index is 13.3. The monoisotopic (exact) mass is 452 g/mol. The Morgan fingerprint density at radius 1 is 0.971 bits per heavy atom. The number of phenols is 1. The van der Waals surface area contributed by atoms with Gasteiger partial charge >= 0.3 is 0 Å². The van der Waals surface area contributed by atoms with Crippen molar-refractivity contribution in [2.24, 2.45) is 5.92 Å². The SMILES string of the molecule is O=C(Nc1cnc(-c2cccc(O)c2)nc1)C1CCCN(C(=O)c2cccc3ccccc23)C1. The van der Waals surface area contributed by atoms with Crippen molar-refractivity contribution >= 4 is 28.3 Å². The average molecular weight is 453 g/mol. The highest BCUT2D eigenvalue weighted by Crippen LogP contribution is 2.25. The van der Waals surface area contributed by atoms with Crippen LogP contribution in [-0.2, 0) is 4.79 Å². The number of phenolic OH excluding ortho intramolecular Hbond substituents is 1. The number of aromatic nitrogens is 2. The van der Waals surface area contributed by atoms with Crippen molar-refractivity contribution in [2.45, 2.75) is 12.8 Å². The fourth-order valence-electron chi connectivity index (χ4n) is 4.39. The number of carbonyl (C=O) groups excluding carboxylic acids is 2. The van der Waals surface area contributed by atoms with Crippen LogP contribution in [0.4, 0.5) is 5.69 Å². The van der Waals surface area contributed by atoms with Gasteiger partial charge in [-0.15, -0.1) is 0 Å². The molecule has 0 bridgehead atoms. The van der Waals surface area contributed by atoms with Gasteiger partial charge in [0.2, 0.25) is 5.91 Å². The Kier molecular flexibility index (Phi) is 5.91. The Morgan fingerprint density at radius 2 is 1.74 bits per heavy atom. The number of anilines is 1. The van der Waals surface area contributed by atoms with E-state index < -0.39 is 0 Å². The van der Waals surface area contributed by atoms with E-state index >= 15 is 0 Å². The lowest BCUT2D eigenvalue weighted by Gasteiger charge is -2.32. The predicted molar refractivity (Wildman–Crippen MR) is 130 cm³/mol. The minimum Gasteiger partial charge on any atom is -0.508 e. The molecular formula is C27H24N4O3. The molecule has 2 amide bonds. The molecule has 0 saturated carbocycles. The van der Waals surface area contributed by atoms with Crippen LogP contribution in [0, 0.1) is 5.92 Å². The number of fused-ring (bicyclic) bond motifs is 1. The second-order valence-electron chi connectivity index (χ2n) is 8.45. The summed E-state index contributed by atoms with van der Waals surface area (Å²) in [5.74, 6) is 0.0902. The molecule has 1 unspecified atom stereocenters. The number of hydrogen-bond donors (Lipinski definition) is 2. The Hall–Kier alpha value is -4.26. The summed E-state index contributed by atoms with van der Waals surface area (Å²) in [5, 5.41) is 14.5. The second kappa shape index (κ2) is 9.31. The van der Waals surface area contributed by atoms with Crippen molar-refractivity contribution in [3.63, 3.8) is 0 Å². The summed E-state index contributed by atoms with van der Waals surface area (Å²) in [6, 6.07) is 20.2. The summed E-state index contributed by atoms with van der Waals surface area (Å²) in [6.07, 6.45) is 4.58. The molecule has 1 aliphatic heterocycles. The van der Waals surface area contributed by atoms with Gasteiger partial charge in [-0.3, -0.25) is 9.59 Å². The molecule has 0 aliphatic carbocycles. The number of carbonyl (C=O) groups is 2. The standard InChI is InChI=1S/C27H24N4O3/c32-22-10-3-8-19(14-22)25-28-15-21(16-29-25)30-26(33)20-9-5-13-31(17-20)27(34)24-12-4-7-18-6-1-2-11-23(18)24/h1-4,6-8,10-12,14-16,20,32H,5,9,13,17H2,(H,30,33). The lowest BCUT2D eigenvalue weighted by atomic mass is 9.95. The Bertz CT molecular complexity index is 1350. The van der Waals surface area contributed by atoms with Gasteiger partial charge < -0.3 is 15.3 Å². The molecule has 1 aliphatic rings. The third-order valence-corrected chi connectivity index (χ3v) is 6.12. The number of amides is 2. The molecule has 170 valence electrons. The molecule has 7 heteroatoms. The van der Waals surface area contributed by atoms with Crippen molar-refractivity contribution in [1.29, 1.82) is 0 Å². The number of piperidine rings is 1. The van der Waals surface area contributed by atoms with Crippen molar-refractivity contribution in [2.75, 3.05) is 18.4 Å². The smallest absolute Gasteiger partial charge is 0.254 e. The van der Waals surface area contributed by atoms with Gasteiger partial charge in [0.1, 0.15) is 5.75 Å². The average Bonchev–Trinajstić information content (AvgIpc) is 2.88. The molecule has 1 fully saturated rings. The van der Waals surface area contributed by atoms with Gasteiger partial charge in [0.25, 0.3) is 5.91 Å². The molecule has 3 aromatic carbocycles. The van der Waals surface area contributed by atoms with Crippen molar-refractivity contribution < 1.29 is 14.7 Å². The lowest BCUT2D eigenvalue weighted by Crippen LogP contribution is -2.43. The Labute approximate surface area is 197 Å². The van der Waals surface area contributed by atoms with Gasteiger partial charge in [0.15, 0.2) is 5.82 Å². The van der Waals surface area contributed by atoms with E-state index in [1.54, 1.807) is 41.6 Å². The number of aromatic hydroxyl groups is 1. The van der Waals surface area contributed by atoms with Crippen LogP contribution in [0.15, 0.2) is 79.1 Å². The zero-order valence-corrected chi connectivity index (χ0v) is 18.5. The first-order valence-corrected chi connectivity index (χ1v) is 11.3. The molecular weight excluding hydrogens is 428 g/mol. The van der Waals surface area contributed by atoms with Crippen LogP contribution >= 0.6 is 0 Å². The zero-order chi connectivity index (χ0) is 23.5. The number of hydrogen-bond acceptors (Lipinski definition) is 5. The van der Waals surface area contributed by atoms with Gasteiger partial charge in [-0.05, 0) is 41.8 Å². The highest BCUT2D eigenvalue weighted by molar-refractivity contribution is 6.07. The predicted octanol–water partition coefficient (Wildman–Crippen LogP) is 4.49. The summed E-state index contributed by atoms with van der Waals surface area (Å²) in [6.45, 7) is 1.00. The van der Waals surface area contributed by atoms with Crippen LogP contribution in [0.25, 0.3) is 22.2 Å². The molecule has 34 heavy (non-hydrogen) atoms. The maximum Gasteiger partial charge on any atom is 0.254 e. The van der Waals surface area contributed by atoms with Crippen LogP contribution in [-0.4, -0.2) is 44.9 Å². The van der Waals surface area contributed by atoms with Gasteiger partial charge in [-0.25, -0.2) is 9.97 Å². The third kappa shape index (κ3) is 4.45. The number of benzene rings is 3. The normalized spacial score (nSPS) is 15.8. The van der Waals surface area contributed by atoms with Crippen LogP contribution < -0.4 is 5.32 Å². The van der Waals surface area contributed by atoms with E-state index in [4.69, 9.17) is 0 Å². The number of likely N-dealkylation sites (tertiary alicyclic amines) is 1. The van der Waals surface area contributed by atoms with E-state index in [9.17, 15) is 14.7 Å². The van der Waals surface area contributed by atoms with Gasteiger partial charge in [-0.1, -0.05) is 48.5 Å². The third-order valence-electron chi connectivity index (χ3n) is 6.12. The molecule has 5 rings (SSSR count). The molecule has 0 spiro atoms. The molecule has 2 N–H and O–H groups in total. The maximum absolute atomic E-state index is 13.3. The van der Waals surface area contributed by atoms with E-state index in [0.29, 0.717) is 42.1 Å². The summed E-state index contributed by atoms with van der Waals surface area (Å²) in [4.78, 5) is 36.6. The van der Waals surface area contributed by atoms with Gasteiger partial charge in [-0.2, -0.15) is 0 Å². The van der Waals surface area contributed by atoms with Crippen LogP contribution in [0.5, 0.6) is 5.75 Å². The molecule has 0 radical (unpaired) electrons. The van der Waals surface area contributed by atoms with E-state index in [2.05, 4.69) is 15.3 Å². The molecule has 1 aromatic heterocycles. The molecule has 1 saturated heterocycles. The Balaban J connectivity index is 1.26. The van der Waals surface area contributed by atoms with Crippen LogP contribution in [0.2, 0.25) is 0 Å². The van der Waals surface area contributed by atoms with E-state index in [-0.39, 0.29) is 23.5 Å². The largest absolute Gasteiger partial charge is 0.508 e. The fourth-order valence-corrected chi connectivity index (χ4v) is 4.39. The van der Waals surface area contributed by atoms with E-state index in [1.807, 2.05) is 42.5 Å². The first-order valence-electron chi connectivity index (χ1n) is 11.3. The molecule has 4 aromatic rings. The summed E-state index contributed by atoms with van der Waals surface area (Å²) >= 11 is 0. The zero-order valence-electron chi connectivity index (χ0n) is 18.5. The summed E-state index contributed by atoms with van der Waals surface area (Å²) < 4.78 is 0. The minimum absolute atomic E-state index is 0.0481. The lowest BCUT2D eigenvalue weighted by molar-refractivity contribution is -0.121. The van der Waals surface area contributed by atoms with E-state index in [0.717, 1.165) is 17.2 Å². The van der Waals surface area contributed by atoms with Gasteiger partial charge in [0.05, 0.1) is 24.0 Å².